The fourth-order valence-electron chi connectivity index (χ4n) is 3.06. The summed E-state index contributed by atoms with van der Waals surface area (Å²) in [6.45, 7) is 13.1. The van der Waals surface area contributed by atoms with Crippen LogP contribution in [0, 0.1) is 0 Å². The summed E-state index contributed by atoms with van der Waals surface area (Å²) in [5, 5.41) is 5.71. The Balaban J connectivity index is 2.58. The van der Waals surface area contributed by atoms with Crippen molar-refractivity contribution in [3.63, 3.8) is 0 Å². The third-order valence-corrected chi connectivity index (χ3v) is 4.43. The fraction of sp³-hybridized carbons (Fsp3) is 0.640. The number of rotatable bonds is 11. The summed E-state index contributed by atoms with van der Waals surface area (Å²) in [5.41, 5.74) is 5.18. The second-order valence-electron chi connectivity index (χ2n) is 10.3. The molecule has 0 fully saturated rings. The maximum absolute atomic E-state index is 12.9. The Hall–Kier alpha value is -2.81. The molecular weight excluding hydrogens is 436 g/mol. The lowest BCUT2D eigenvalue weighted by molar-refractivity contribution is -0.124. The van der Waals surface area contributed by atoms with Gasteiger partial charge >= 0.3 is 12.2 Å². The third kappa shape index (κ3) is 14.4. The molecule has 34 heavy (non-hydrogen) atoms. The minimum atomic E-state index is -0.660. The number of unbranched alkanes of at least 4 members (excludes halogenated alkanes) is 1. The van der Waals surface area contributed by atoms with Crippen molar-refractivity contribution in [1.82, 2.24) is 21.5 Å². The second-order valence-corrected chi connectivity index (χ2v) is 10.3. The molecule has 1 rings (SSSR count). The van der Waals surface area contributed by atoms with Crippen molar-refractivity contribution in [3.8, 4) is 0 Å². The van der Waals surface area contributed by atoms with Gasteiger partial charge in [-0.05, 0) is 79.7 Å². The molecule has 1 aromatic carbocycles. The second kappa shape index (κ2) is 13.8. The van der Waals surface area contributed by atoms with E-state index in [0.717, 1.165) is 5.56 Å². The first kappa shape index (κ1) is 29.2. The van der Waals surface area contributed by atoms with Gasteiger partial charge in [0.15, 0.2) is 0 Å². The van der Waals surface area contributed by atoms with E-state index in [-0.39, 0.29) is 11.9 Å². The number of hydrogen-bond donors (Lipinski definition) is 4. The van der Waals surface area contributed by atoms with Gasteiger partial charge in [-0.3, -0.25) is 10.2 Å². The van der Waals surface area contributed by atoms with E-state index in [2.05, 4.69) is 21.5 Å². The molecule has 9 heteroatoms. The first-order valence-electron chi connectivity index (χ1n) is 11.8. The highest BCUT2D eigenvalue weighted by atomic mass is 16.6. The van der Waals surface area contributed by atoms with E-state index >= 15 is 0 Å². The van der Waals surface area contributed by atoms with Crippen molar-refractivity contribution in [2.75, 3.05) is 6.54 Å². The number of hydrazine groups is 1. The number of nitrogens with one attached hydrogen (secondary N) is 4. The highest BCUT2D eigenvalue weighted by Crippen LogP contribution is 2.08. The smallest absolute Gasteiger partial charge is 0.422 e. The predicted molar refractivity (Wildman–Crippen MR) is 132 cm³/mol. The highest BCUT2D eigenvalue weighted by Gasteiger charge is 2.22. The van der Waals surface area contributed by atoms with Crippen LogP contribution in [0.4, 0.5) is 9.59 Å². The summed E-state index contributed by atoms with van der Waals surface area (Å²) in [6, 6.07) is 9.16. The van der Waals surface area contributed by atoms with Gasteiger partial charge in [-0.2, -0.15) is 0 Å². The molecular formula is C25H42N4O5. The van der Waals surface area contributed by atoms with Crippen molar-refractivity contribution in [2.24, 2.45) is 0 Å². The Labute approximate surface area is 203 Å². The predicted octanol–water partition coefficient (Wildman–Crippen LogP) is 3.83. The van der Waals surface area contributed by atoms with Crippen LogP contribution in [-0.4, -0.2) is 47.9 Å². The van der Waals surface area contributed by atoms with Gasteiger partial charge in [-0.15, -0.1) is 0 Å². The van der Waals surface area contributed by atoms with Crippen LogP contribution in [0.5, 0.6) is 0 Å². The van der Waals surface area contributed by atoms with Gasteiger partial charge < -0.3 is 20.1 Å². The number of ether oxygens (including phenoxy) is 2. The summed E-state index contributed by atoms with van der Waals surface area (Å²) >= 11 is 0. The monoisotopic (exact) mass is 478 g/mol. The summed E-state index contributed by atoms with van der Waals surface area (Å²) in [4.78, 5) is 36.7. The molecule has 0 unspecified atom stereocenters. The average molecular weight is 479 g/mol. The van der Waals surface area contributed by atoms with Crippen LogP contribution in [0.3, 0.4) is 0 Å². The Morgan fingerprint density at radius 1 is 0.882 bits per heavy atom. The van der Waals surface area contributed by atoms with Crippen LogP contribution >= 0.6 is 0 Å². The van der Waals surface area contributed by atoms with E-state index < -0.39 is 29.4 Å². The lowest BCUT2D eigenvalue weighted by Crippen LogP contribution is -2.54. The van der Waals surface area contributed by atoms with Crippen molar-refractivity contribution in [1.29, 1.82) is 0 Å². The standard InChI is InChI=1S/C25H42N4O5/c1-18(17-19-13-9-8-10-14-19)27-21(30)20(28-29-23(32)34-25(5,6)7)15-11-12-16-26-22(31)33-24(2,3)4/h8-10,13-14,18,20,28H,11-12,15-17H2,1-7H3,(H,26,31)(H,27,30)(H,29,32)/t18-,20-/m0/s1. The number of benzene rings is 1. The van der Waals surface area contributed by atoms with Gasteiger partial charge in [0.1, 0.15) is 17.2 Å². The fourth-order valence-corrected chi connectivity index (χ4v) is 3.06. The first-order valence-corrected chi connectivity index (χ1v) is 11.8. The molecule has 9 nitrogen and oxygen atoms in total. The van der Waals surface area contributed by atoms with Crippen LogP contribution in [0.2, 0.25) is 0 Å². The zero-order chi connectivity index (χ0) is 25.8. The summed E-state index contributed by atoms with van der Waals surface area (Å²) in [5.74, 6) is -0.223. The molecule has 0 aliphatic rings. The van der Waals surface area contributed by atoms with Gasteiger partial charge in [0.25, 0.3) is 0 Å². The molecule has 0 spiro atoms. The zero-order valence-corrected chi connectivity index (χ0v) is 21.6. The SMILES string of the molecule is C[C@@H](Cc1ccccc1)NC(=O)[C@H](CCCCNC(=O)OC(C)(C)C)NNC(=O)OC(C)(C)C. The van der Waals surface area contributed by atoms with Crippen molar-refractivity contribution in [3.05, 3.63) is 35.9 Å². The highest BCUT2D eigenvalue weighted by molar-refractivity contribution is 5.82. The van der Waals surface area contributed by atoms with E-state index in [1.807, 2.05) is 37.3 Å². The molecule has 3 amide bonds. The largest absolute Gasteiger partial charge is 0.444 e. The molecule has 0 bridgehead atoms. The number of alkyl carbamates (subject to hydrolysis) is 1. The topological polar surface area (TPSA) is 118 Å². The van der Waals surface area contributed by atoms with Crippen molar-refractivity contribution in [2.45, 2.75) is 97.4 Å². The maximum Gasteiger partial charge on any atom is 0.422 e. The molecule has 0 heterocycles. The van der Waals surface area contributed by atoms with Crippen LogP contribution in [-0.2, 0) is 20.7 Å². The molecule has 0 aliphatic carbocycles. The van der Waals surface area contributed by atoms with E-state index in [1.54, 1.807) is 41.5 Å². The Morgan fingerprint density at radius 3 is 2.06 bits per heavy atom. The van der Waals surface area contributed by atoms with E-state index in [0.29, 0.717) is 32.2 Å². The number of carbonyl (C=O) groups is 3. The normalized spacial score (nSPS) is 13.4. The first-order chi connectivity index (χ1) is 15.7. The molecule has 0 radical (unpaired) electrons. The van der Waals surface area contributed by atoms with Crippen LogP contribution in [0.25, 0.3) is 0 Å². The van der Waals surface area contributed by atoms with Gasteiger partial charge in [0.2, 0.25) is 5.91 Å². The van der Waals surface area contributed by atoms with Gasteiger partial charge in [0.05, 0.1) is 0 Å². The van der Waals surface area contributed by atoms with Gasteiger partial charge in [0, 0.05) is 12.6 Å². The Morgan fingerprint density at radius 2 is 1.47 bits per heavy atom. The summed E-state index contributed by atoms with van der Waals surface area (Å²) < 4.78 is 10.4. The molecule has 1 aromatic rings. The summed E-state index contributed by atoms with van der Waals surface area (Å²) in [6.07, 6.45) is 1.31. The van der Waals surface area contributed by atoms with Crippen molar-refractivity contribution < 1.29 is 23.9 Å². The number of amides is 3. The molecule has 2 atom stereocenters. The Bertz CT molecular complexity index is 772. The summed E-state index contributed by atoms with van der Waals surface area (Å²) in [7, 11) is 0. The van der Waals surface area contributed by atoms with E-state index in [4.69, 9.17) is 9.47 Å². The molecule has 4 N–H and O–H groups in total. The maximum atomic E-state index is 12.9. The third-order valence-electron chi connectivity index (χ3n) is 4.43. The number of hydrogen-bond acceptors (Lipinski definition) is 6. The minimum absolute atomic E-state index is 0.0884. The van der Waals surface area contributed by atoms with Crippen LogP contribution < -0.4 is 21.5 Å². The van der Waals surface area contributed by atoms with Gasteiger partial charge in [-0.25, -0.2) is 15.0 Å². The molecule has 0 saturated carbocycles. The van der Waals surface area contributed by atoms with Gasteiger partial charge in [-0.1, -0.05) is 30.3 Å². The lowest BCUT2D eigenvalue weighted by Gasteiger charge is -2.24. The van der Waals surface area contributed by atoms with E-state index in [9.17, 15) is 14.4 Å². The quantitative estimate of drug-likeness (QED) is 0.284. The molecule has 0 aliphatic heterocycles. The number of carbonyl (C=O) groups excluding carboxylic acids is 3. The Kier molecular flexibility index (Phi) is 11.9. The van der Waals surface area contributed by atoms with Crippen LogP contribution in [0.1, 0.15) is 73.3 Å². The van der Waals surface area contributed by atoms with E-state index in [1.165, 1.54) is 0 Å². The van der Waals surface area contributed by atoms with Crippen LogP contribution in [0.15, 0.2) is 30.3 Å². The zero-order valence-electron chi connectivity index (χ0n) is 21.6. The molecule has 0 saturated heterocycles. The average Bonchev–Trinajstić information content (AvgIpc) is 2.67. The molecule has 192 valence electrons. The lowest BCUT2D eigenvalue weighted by atomic mass is 10.1. The molecule has 0 aromatic heterocycles. The minimum Gasteiger partial charge on any atom is -0.444 e. The van der Waals surface area contributed by atoms with Crippen molar-refractivity contribution >= 4 is 18.1 Å².